The van der Waals surface area contributed by atoms with Crippen molar-refractivity contribution in [2.45, 2.75) is 24.9 Å². The largest absolute Gasteiger partial charge is 0.573 e. The SMILES string of the molecule is CN1CCN(C(=O)C[C@@]2(COc3ccc(F)cc3)CN(Cc3cccc(OC(F)(F)F)c3)CCO2)CC1. The van der Waals surface area contributed by atoms with Crippen LogP contribution in [0.5, 0.6) is 11.5 Å². The first kappa shape index (κ1) is 27.2. The molecular formula is C26H31F4N3O4. The number of piperazine rings is 1. The third kappa shape index (κ3) is 8.05. The van der Waals surface area contributed by atoms with Gasteiger partial charge in [0.05, 0.1) is 13.0 Å². The predicted molar refractivity (Wildman–Crippen MR) is 128 cm³/mol. The molecule has 1 atom stereocenters. The lowest BCUT2D eigenvalue weighted by Gasteiger charge is -2.43. The summed E-state index contributed by atoms with van der Waals surface area (Å²) in [6.07, 6.45) is -4.68. The number of ether oxygens (including phenoxy) is 3. The van der Waals surface area contributed by atoms with Crippen molar-refractivity contribution in [2.75, 3.05) is 59.5 Å². The topological polar surface area (TPSA) is 54.5 Å². The fraction of sp³-hybridized carbons (Fsp3) is 0.500. The van der Waals surface area contributed by atoms with Gasteiger partial charge in [0.25, 0.3) is 0 Å². The number of hydrogen-bond acceptors (Lipinski definition) is 6. The van der Waals surface area contributed by atoms with Gasteiger partial charge in [-0.15, -0.1) is 13.2 Å². The van der Waals surface area contributed by atoms with Crippen molar-refractivity contribution in [3.8, 4) is 11.5 Å². The van der Waals surface area contributed by atoms with Gasteiger partial charge in [-0.1, -0.05) is 12.1 Å². The van der Waals surface area contributed by atoms with Crippen LogP contribution in [0.1, 0.15) is 12.0 Å². The van der Waals surface area contributed by atoms with Gasteiger partial charge in [0.2, 0.25) is 5.91 Å². The Morgan fingerprint density at radius 1 is 1.03 bits per heavy atom. The highest BCUT2D eigenvalue weighted by atomic mass is 19.4. The second-order valence-electron chi connectivity index (χ2n) is 9.54. The highest BCUT2D eigenvalue weighted by Gasteiger charge is 2.41. The van der Waals surface area contributed by atoms with Gasteiger partial charge in [-0.2, -0.15) is 0 Å². The van der Waals surface area contributed by atoms with Gasteiger partial charge >= 0.3 is 6.36 Å². The standard InChI is InChI=1S/C26H31F4N3O4/c1-31-9-11-33(12-10-31)24(34)16-25(19-35-22-7-5-21(27)6-8-22)18-32(13-14-36-25)17-20-3-2-4-23(15-20)37-26(28,29)30/h2-8,15H,9-14,16-19H2,1H3/t25-/m0/s1. The number of alkyl halides is 3. The quantitative estimate of drug-likeness (QED) is 0.492. The first-order chi connectivity index (χ1) is 17.6. The number of morpholine rings is 1. The Balaban J connectivity index is 1.47. The van der Waals surface area contributed by atoms with Crippen molar-refractivity contribution in [1.82, 2.24) is 14.7 Å². The molecule has 2 heterocycles. The third-order valence-corrected chi connectivity index (χ3v) is 6.51. The molecule has 37 heavy (non-hydrogen) atoms. The van der Waals surface area contributed by atoms with Crippen molar-refractivity contribution in [2.24, 2.45) is 0 Å². The van der Waals surface area contributed by atoms with Crippen LogP contribution in [0, 0.1) is 5.82 Å². The highest BCUT2D eigenvalue weighted by molar-refractivity contribution is 5.77. The molecule has 0 spiro atoms. The fourth-order valence-electron chi connectivity index (χ4n) is 4.59. The zero-order valence-corrected chi connectivity index (χ0v) is 20.7. The first-order valence-corrected chi connectivity index (χ1v) is 12.1. The summed E-state index contributed by atoms with van der Waals surface area (Å²) in [7, 11) is 2.01. The van der Waals surface area contributed by atoms with Crippen LogP contribution in [0.4, 0.5) is 17.6 Å². The molecule has 202 valence electrons. The summed E-state index contributed by atoms with van der Waals surface area (Å²) >= 11 is 0. The number of amides is 1. The summed E-state index contributed by atoms with van der Waals surface area (Å²) in [5.41, 5.74) is -0.338. The zero-order valence-electron chi connectivity index (χ0n) is 20.7. The number of carbonyl (C=O) groups is 1. The Kier molecular flexibility index (Phi) is 8.56. The van der Waals surface area contributed by atoms with Crippen LogP contribution in [0.3, 0.4) is 0 Å². The van der Waals surface area contributed by atoms with Gasteiger partial charge in [-0.25, -0.2) is 4.39 Å². The van der Waals surface area contributed by atoms with Crippen LogP contribution in [0.2, 0.25) is 0 Å². The second-order valence-corrected chi connectivity index (χ2v) is 9.54. The first-order valence-electron chi connectivity index (χ1n) is 12.1. The summed E-state index contributed by atoms with van der Waals surface area (Å²) in [5, 5.41) is 0. The van der Waals surface area contributed by atoms with Gasteiger partial charge < -0.3 is 24.0 Å². The molecule has 0 saturated carbocycles. The number of hydrogen-bond donors (Lipinski definition) is 0. The lowest BCUT2D eigenvalue weighted by atomic mass is 9.96. The van der Waals surface area contributed by atoms with E-state index in [4.69, 9.17) is 9.47 Å². The maximum atomic E-state index is 13.3. The molecule has 2 aromatic carbocycles. The molecule has 2 aromatic rings. The Morgan fingerprint density at radius 3 is 2.46 bits per heavy atom. The maximum Gasteiger partial charge on any atom is 0.573 e. The highest BCUT2D eigenvalue weighted by Crippen LogP contribution is 2.28. The van der Waals surface area contributed by atoms with E-state index in [-0.39, 0.29) is 30.5 Å². The molecule has 2 aliphatic rings. The van der Waals surface area contributed by atoms with Crippen molar-refractivity contribution in [1.29, 1.82) is 0 Å². The predicted octanol–water partition coefficient (Wildman–Crippen LogP) is 3.54. The lowest BCUT2D eigenvalue weighted by Crippen LogP contribution is -2.58. The molecule has 0 aliphatic carbocycles. The van der Waals surface area contributed by atoms with E-state index in [0.717, 1.165) is 13.1 Å². The summed E-state index contributed by atoms with van der Waals surface area (Å²) < 4.78 is 67.5. The monoisotopic (exact) mass is 525 g/mol. The Hall–Kier alpha value is -2.89. The van der Waals surface area contributed by atoms with Gasteiger partial charge in [0.15, 0.2) is 0 Å². The van der Waals surface area contributed by atoms with Crippen molar-refractivity contribution < 1.29 is 36.6 Å². The van der Waals surface area contributed by atoms with E-state index in [0.29, 0.717) is 50.6 Å². The van der Waals surface area contributed by atoms with E-state index >= 15 is 0 Å². The molecule has 0 aromatic heterocycles. The van der Waals surface area contributed by atoms with Gasteiger partial charge in [0, 0.05) is 45.8 Å². The van der Waals surface area contributed by atoms with Crippen LogP contribution in [-0.4, -0.2) is 92.1 Å². The molecule has 11 heteroatoms. The van der Waals surface area contributed by atoms with Crippen LogP contribution in [0.15, 0.2) is 48.5 Å². The minimum absolute atomic E-state index is 0.0433. The number of rotatable bonds is 8. The number of halogens is 4. The van der Waals surface area contributed by atoms with Crippen LogP contribution in [0.25, 0.3) is 0 Å². The van der Waals surface area contributed by atoms with Crippen LogP contribution < -0.4 is 9.47 Å². The molecule has 0 N–H and O–H groups in total. The molecule has 2 aliphatic heterocycles. The summed E-state index contributed by atoms with van der Waals surface area (Å²) in [4.78, 5) is 19.3. The minimum Gasteiger partial charge on any atom is -0.491 e. The molecule has 2 fully saturated rings. The molecule has 1 amide bonds. The van der Waals surface area contributed by atoms with Crippen molar-refractivity contribution >= 4 is 5.91 Å². The van der Waals surface area contributed by atoms with Gasteiger partial charge in [-0.3, -0.25) is 9.69 Å². The average Bonchev–Trinajstić information content (AvgIpc) is 2.83. The molecule has 7 nitrogen and oxygen atoms in total. The van der Waals surface area contributed by atoms with Gasteiger partial charge in [0.1, 0.15) is 29.5 Å². The maximum absolute atomic E-state index is 13.3. The molecule has 0 bridgehead atoms. The summed E-state index contributed by atoms with van der Waals surface area (Å²) in [5.74, 6) is -0.262. The number of carbonyl (C=O) groups excluding carboxylic acids is 1. The normalized spacial score (nSPS) is 21.6. The smallest absolute Gasteiger partial charge is 0.491 e. The van der Waals surface area contributed by atoms with Crippen molar-refractivity contribution in [3.63, 3.8) is 0 Å². The third-order valence-electron chi connectivity index (χ3n) is 6.51. The van der Waals surface area contributed by atoms with E-state index in [1.54, 1.807) is 6.07 Å². The zero-order chi connectivity index (χ0) is 26.5. The van der Waals surface area contributed by atoms with E-state index in [1.807, 2.05) is 16.8 Å². The van der Waals surface area contributed by atoms with E-state index in [1.165, 1.54) is 42.5 Å². The fourth-order valence-corrected chi connectivity index (χ4v) is 4.59. The Labute approximate surface area is 213 Å². The molecule has 4 rings (SSSR count). The second kappa shape index (κ2) is 11.7. The molecule has 0 unspecified atom stereocenters. The van der Waals surface area contributed by atoms with Gasteiger partial charge in [-0.05, 0) is 49.0 Å². The Bertz CT molecular complexity index is 1040. The summed E-state index contributed by atoms with van der Waals surface area (Å²) in [6, 6.07) is 11.5. The molecule has 0 radical (unpaired) electrons. The minimum atomic E-state index is -4.77. The van der Waals surface area contributed by atoms with E-state index in [2.05, 4.69) is 9.64 Å². The van der Waals surface area contributed by atoms with E-state index in [9.17, 15) is 22.4 Å². The molecular weight excluding hydrogens is 494 g/mol. The lowest BCUT2D eigenvalue weighted by molar-refractivity contribution is -0.274. The Morgan fingerprint density at radius 2 is 1.76 bits per heavy atom. The van der Waals surface area contributed by atoms with Crippen LogP contribution in [-0.2, 0) is 16.1 Å². The van der Waals surface area contributed by atoms with Crippen molar-refractivity contribution in [3.05, 3.63) is 59.9 Å². The van der Waals surface area contributed by atoms with Crippen LogP contribution >= 0.6 is 0 Å². The number of benzene rings is 2. The average molecular weight is 526 g/mol. The number of nitrogens with zero attached hydrogens (tertiary/aromatic N) is 3. The summed E-state index contributed by atoms with van der Waals surface area (Å²) in [6.45, 7) is 4.42. The molecule has 2 saturated heterocycles. The van der Waals surface area contributed by atoms with E-state index < -0.39 is 12.0 Å². The number of likely N-dealkylation sites (N-methyl/N-ethyl adjacent to an activating group) is 1.